The van der Waals surface area contributed by atoms with Gasteiger partial charge in [-0.2, -0.15) is 0 Å². The first-order valence-corrected chi connectivity index (χ1v) is 9.62. The SMILES string of the molecule is C=CCOC1=C2CC=CCC3C(=O)N(Cc4ccccc4)[C@H](CC1)[C@]23C. The summed E-state index contributed by atoms with van der Waals surface area (Å²) >= 11 is 0. The van der Waals surface area contributed by atoms with Gasteiger partial charge >= 0.3 is 0 Å². The van der Waals surface area contributed by atoms with E-state index in [1.807, 2.05) is 18.2 Å². The molecule has 1 aliphatic heterocycles. The Morgan fingerprint density at radius 1 is 1.31 bits per heavy atom. The molecule has 136 valence electrons. The van der Waals surface area contributed by atoms with Crippen LogP contribution in [0.15, 0.2) is 66.5 Å². The first-order valence-electron chi connectivity index (χ1n) is 9.62. The zero-order chi connectivity index (χ0) is 18.1. The van der Waals surface area contributed by atoms with Crippen LogP contribution in [0, 0.1) is 11.3 Å². The molecule has 3 nitrogen and oxygen atoms in total. The minimum Gasteiger partial charge on any atom is -0.494 e. The van der Waals surface area contributed by atoms with Gasteiger partial charge in [0.2, 0.25) is 5.91 Å². The van der Waals surface area contributed by atoms with Crippen LogP contribution in [0.3, 0.4) is 0 Å². The smallest absolute Gasteiger partial charge is 0.227 e. The molecule has 0 bridgehead atoms. The fraction of sp³-hybridized carbons (Fsp3) is 0.435. The summed E-state index contributed by atoms with van der Waals surface area (Å²) in [4.78, 5) is 15.5. The van der Waals surface area contributed by atoms with Crippen molar-refractivity contribution in [2.24, 2.45) is 11.3 Å². The van der Waals surface area contributed by atoms with E-state index in [1.54, 1.807) is 6.08 Å². The van der Waals surface area contributed by atoms with Gasteiger partial charge in [0, 0.05) is 24.4 Å². The molecular formula is C23H27NO2. The molecule has 26 heavy (non-hydrogen) atoms. The summed E-state index contributed by atoms with van der Waals surface area (Å²) < 4.78 is 6.03. The van der Waals surface area contributed by atoms with Crippen molar-refractivity contribution < 1.29 is 9.53 Å². The zero-order valence-corrected chi connectivity index (χ0v) is 15.5. The lowest BCUT2D eigenvalue weighted by Crippen LogP contribution is -2.43. The first kappa shape index (κ1) is 17.1. The second-order valence-corrected chi connectivity index (χ2v) is 7.75. The average molecular weight is 349 g/mol. The van der Waals surface area contributed by atoms with Crippen molar-refractivity contribution in [2.75, 3.05) is 6.61 Å². The average Bonchev–Trinajstić information content (AvgIpc) is 2.77. The topological polar surface area (TPSA) is 29.5 Å². The lowest BCUT2D eigenvalue weighted by Gasteiger charge is -2.43. The second-order valence-electron chi connectivity index (χ2n) is 7.75. The molecule has 0 aromatic heterocycles. The van der Waals surface area contributed by atoms with E-state index in [1.165, 1.54) is 11.1 Å². The van der Waals surface area contributed by atoms with Crippen LogP contribution in [0.25, 0.3) is 0 Å². The Balaban J connectivity index is 1.72. The lowest BCUT2D eigenvalue weighted by molar-refractivity contribution is -0.132. The van der Waals surface area contributed by atoms with Gasteiger partial charge in [-0.15, -0.1) is 0 Å². The van der Waals surface area contributed by atoms with Crippen LogP contribution >= 0.6 is 0 Å². The van der Waals surface area contributed by atoms with Crippen molar-refractivity contribution in [3.8, 4) is 0 Å². The van der Waals surface area contributed by atoms with E-state index >= 15 is 0 Å². The summed E-state index contributed by atoms with van der Waals surface area (Å²) in [5.74, 6) is 1.41. The van der Waals surface area contributed by atoms with Crippen molar-refractivity contribution in [2.45, 2.75) is 45.2 Å². The quantitative estimate of drug-likeness (QED) is 0.726. The Labute approximate surface area is 156 Å². The van der Waals surface area contributed by atoms with Gasteiger partial charge < -0.3 is 9.64 Å². The maximum Gasteiger partial charge on any atom is 0.227 e. The lowest BCUT2D eigenvalue weighted by atomic mass is 9.64. The fourth-order valence-electron chi connectivity index (χ4n) is 5.15. The minimum atomic E-state index is -0.135. The molecule has 0 saturated carbocycles. The zero-order valence-electron chi connectivity index (χ0n) is 15.5. The molecule has 1 fully saturated rings. The van der Waals surface area contributed by atoms with Crippen LogP contribution in [0.2, 0.25) is 0 Å². The molecular weight excluding hydrogens is 322 g/mol. The van der Waals surface area contributed by atoms with E-state index in [2.05, 4.69) is 42.7 Å². The molecule has 1 aromatic carbocycles. The number of hydrogen-bond donors (Lipinski definition) is 0. The Kier molecular flexibility index (Phi) is 4.47. The summed E-state index contributed by atoms with van der Waals surface area (Å²) in [6.07, 6.45) is 9.80. The number of hydrogen-bond acceptors (Lipinski definition) is 2. The summed E-state index contributed by atoms with van der Waals surface area (Å²) in [5.41, 5.74) is 2.40. The van der Waals surface area contributed by atoms with E-state index in [-0.39, 0.29) is 17.4 Å². The number of carbonyl (C=O) groups excluding carboxylic acids is 1. The van der Waals surface area contributed by atoms with Gasteiger partial charge in [-0.05, 0) is 30.4 Å². The third-order valence-electron chi connectivity index (χ3n) is 6.44. The molecule has 1 aromatic rings. The van der Waals surface area contributed by atoms with Crippen LogP contribution in [0.4, 0.5) is 0 Å². The Hall–Kier alpha value is -2.29. The van der Waals surface area contributed by atoms with Crippen molar-refractivity contribution >= 4 is 5.91 Å². The van der Waals surface area contributed by atoms with E-state index in [0.29, 0.717) is 19.1 Å². The molecule has 1 heterocycles. The van der Waals surface area contributed by atoms with Gasteiger partial charge in [0.15, 0.2) is 0 Å². The monoisotopic (exact) mass is 349 g/mol. The molecule has 1 saturated heterocycles. The molecule has 0 spiro atoms. The second kappa shape index (κ2) is 6.79. The van der Waals surface area contributed by atoms with Gasteiger partial charge in [0.1, 0.15) is 6.61 Å². The summed E-state index contributed by atoms with van der Waals surface area (Å²) in [5, 5.41) is 0. The molecule has 1 amide bonds. The number of rotatable bonds is 5. The van der Waals surface area contributed by atoms with E-state index < -0.39 is 0 Å². The fourth-order valence-corrected chi connectivity index (χ4v) is 5.15. The third-order valence-corrected chi connectivity index (χ3v) is 6.44. The molecule has 2 aliphatic carbocycles. The number of allylic oxidation sites excluding steroid dienone is 3. The van der Waals surface area contributed by atoms with Crippen molar-refractivity contribution in [1.82, 2.24) is 4.90 Å². The third kappa shape index (κ3) is 2.61. The van der Waals surface area contributed by atoms with Gasteiger partial charge in [-0.1, -0.05) is 62.1 Å². The molecule has 0 radical (unpaired) electrons. The van der Waals surface area contributed by atoms with Gasteiger partial charge in [-0.25, -0.2) is 0 Å². The predicted molar refractivity (Wildman–Crippen MR) is 103 cm³/mol. The number of benzene rings is 1. The highest BCUT2D eigenvalue weighted by Gasteiger charge is 2.59. The van der Waals surface area contributed by atoms with Crippen LogP contribution < -0.4 is 0 Å². The summed E-state index contributed by atoms with van der Waals surface area (Å²) in [6.45, 7) is 7.31. The number of amides is 1. The van der Waals surface area contributed by atoms with Crippen LogP contribution in [0.1, 0.15) is 38.2 Å². The standard InChI is InChI=1S/C23H27NO2/c1-3-15-26-20-13-14-21-23(2)18(20)11-7-8-12-19(23)22(25)24(21)16-17-9-5-4-6-10-17/h3-10,19,21H,1,11-16H2,2H3/t19?,21-,23-/m1/s1. The Bertz CT molecular complexity index is 764. The van der Waals surface area contributed by atoms with Gasteiger partial charge in [0.05, 0.1) is 11.7 Å². The number of likely N-dealkylation sites (tertiary alicyclic amines) is 1. The number of ether oxygens (including phenoxy) is 1. The molecule has 3 heteroatoms. The van der Waals surface area contributed by atoms with Crippen molar-refractivity contribution in [1.29, 1.82) is 0 Å². The van der Waals surface area contributed by atoms with E-state index in [9.17, 15) is 4.79 Å². The molecule has 0 N–H and O–H groups in total. The number of carbonyl (C=O) groups is 1. The Morgan fingerprint density at radius 2 is 2.12 bits per heavy atom. The number of nitrogens with zero attached hydrogens (tertiary/aromatic N) is 1. The molecule has 1 unspecified atom stereocenters. The Morgan fingerprint density at radius 3 is 2.88 bits per heavy atom. The van der Waals surface area contributed by atoms with Crippen LogP contribution in [-0.2, 0) is 16.1 Å². The molecule has 3 aliphatic rings. The normalized spacial score (nSPS) is 30.2. The summed E-state index contributed by atoms with van der Waals surface area (Å²) in [7, 11) is 0. The van der Waals surface area contributed by atoms with E-state index in [4.69, 9.17) is 4.74 Å². The maximum atomic E-state index is 13.4. The van der Waals surface area contributed by atoms with Crippen LogP contribution in [0.5, 0.6) is 0 Å². The molecule has 3 atom stereocenters. The minimum absolute atomic E-state index is 0.0209. The van der Waals surface area contributed by atoms with Crippen molar-refractivity contribution in [3.05, 3.63) is 72.0 Å². The highest BCUT2D eigenvalue weighted by Crippen LogP contribution is 2.57. The summed E-state index contributed by atoms with van der Waals surface area (Å²) in [6, 6.07) is 10.6. The molecule has 4 rings (SSSR count). The highest BCUT2D eigenvalue weighted by molar-refractivity contribution is 5.84. The van der Waals surface area contributed by atoms with Crippen molar-refractivity contribution in [3.63, 3.8) is 0 Å². The highest BCUT2D eigenvalue weighted by atomic mass is 16.5. The van der Waals surface area contributed by atoms with E-state index in [0.717, 1.165) is 31.4 Å². The maximum absolute atomic E-state index is 13.4. The predicted octanol–water partition coefficient (Wildman–Crippen LogP) is 4.62. The van der Waals surface area contributed by atoms with Gasteiger partial charge in [-0.3, -0.25) is 4.79 Å². The first-order chi connectivity index (χ1) is 12.7. The van der Waals surface area contributed by atoms with Crippen LogP contribution in [-0.4, -0.2) is 23.5 Å². The van der Waals surface area contributed by atoms with Gasteiger partial charge in [0.25, 0.3) is 0 Å². The largest absolute Gasteiger partial charge is 0.494 e.